The second kappa shape index (κ2) is 3.62. The van der Waals surface area contributed by atoms with E-state index in [1.165, 1.54) is 0 Å². The fourth-order valence-electron chi connectivity index (χ4n) is 1.60. The normalized spacial score (nSPS) is 19.2. The molecule has 1 aromatic heterocycles. The van der Waals surface area contributed by atoms with Gasteiger partial charge < -0.3 is 9.64 Å². The first kappa shape index (κ1) is 10.1. The van der Waals surface area contributed by atoms with Crippen molar-refractivity contribution in [2.24, 2.45) is 0 Å². The number of rotatable bonds is 1. The molecule has 0 saturated carbocycles. The Hall–Kier alpha value is -1.42. The van der Waals surface area contributed by atoms with Gasteiger partial charge in [0, 0.05) is 6.20 Å². The number of amides is 1. The second-order valence-corrected chi connectivity index (χ2v) is 4.24. The molecule has 0 N–H and O–H groups in total. The third-order valence-corrected chi connectivity index (χ3v) is 2.54. The van der Waals surface area contributed by atoms with Crippen LogP contribution in [0.4, 0.5) is 0 Å². The van der Waals surface area contributed by atoms with Crippen LogP contribution in [-0.4, -0.2) is 34.7 Å². The molecule has 0 aromatic carbocycles. The van der Waals surface area contributed by atoms with Crippen LogP contribution in [0.25, 0.3) is 0 Å². The van der Waals surface area contributed by atoms with Crippen molar-refractivity contribution in [3.8, 4) is 0 Å². The van der Waals surface area contributed by atoms with E-state index in [9.17, 15) is 4.79 Å². The lowest BCUT2D eigenvalue weighted by Crippen LogP contribution is -2.44. The van der Waals surface area contributed by atoms with Crippen molar-refractivity contribution in [3.63, 3.8) is 0 Å². The second-order valence-electron chi connectivity index (χ2n) is 4.24. The zero-order valence-electron chi connectivity index (χ0n) is 8.93. The molecule has 4 heteroatoms. The molecule has 1 fully saturated rings. The molecule has 0 atom stereocenters. The molecule has 2 heterocycles. The van der Waals surface area contributed by atoms with E-state index < -0.39 is 0 Å². The van der Waals surface area contributed by atoms with Crippen LogP contribution in [0.2, 0.25) is 0 Å². The largest absolute Gasteiger partial charge is 0.359 e. The summed E-state index contributed by atoms with van der Waals surface area (Å²) in [6.45, 7) is 4.90. The maximum atomic E-state index is 12.0. The van der Waals surface area contributed by atoms with E-state index in [1.807, 2.05) is 19.9 Å². The van der Waals surface area contributed by atoms with Crippen LogP contribution in [0, 0.1) is 0 Å². The first-order chi connectivity index (χ1) is 7.11. The number of ether oxygens (including phenoxy) is 1. The van der Waals surface area contributed by atoms with E-state index in [1.54, 1.807) is 23.2 Å². The Balaban J connectivity index is 2.22. The third kappa shape index (κ3) is 1.85. The van der Waals surface area contributed by atoms with Gasteiger partial charge in [0.15, 0.2) is 0 Å². The van der Waals surface area contributed by atoms with E-state index in [0.29, 0.717) is 19.0 Å². The Kier molecular flexibility index (Phi) is 2.44. The highest BCUT2D eigenvalue weighted by Crippen LogP contribution is 2.22. The molecule has 0 radical (unpaired) electrons. The summed E-state index contributed by atoms with van der Waals surface area (Å²) in [5, 5.41) is 0. The standard InChI is InChI=1S/C11H14N2O2/c1-11(2)7-15-8-13(11)10(14)9-5-3-4-6-12-9/h3-6H,7-8H2,1-2H3. The Morgan fingerprint density at radius 1 is 1.53 bits per heavy atom. The number of carbonyl (C=O) groups excluding carboxylic acids is 1. The molecule has 1 aliphatic rings. The molecule has 1 amide bonds. The van der Waals surface area contributed by atoms with Crippen molar-refractivity contribution in [1.82, 2.24) is 9.88 Å². The van der Waals surface area contributed by atoms with Crippen LogP contribution in [0.1, 0.15) is 24.3 Å². The first-order valence-electron chi connectivity index (χ1n) is 4.92. The molecule has 1 saturated heterocycles. The fourth-order valence-corrected chi connectivity index (χ4v) is 1.60. The molecule has 1 aromatic rings. The maximum absolute atomic E-state index is 12.0. The summed E-state index contributed by atoms with van der Waals surface area (Å²) in [7, 11) is 0. The summed E-state index contributed by atoms with van der Waals surface area (Å²) in [4.78, 5) is 17.8. The van der Waals surface area contributed by atoms with Gasteiger partial charge in [0.1, 0.15) is 12.4 Å². The zero-order chi connectivity index (χ0) is 10.9. The predicted octanol–water partition coefficient (Wildman–Crippen LogP) is 1.29. The van der Waals surface area contributed by atoms with E-state index in [2.05, 4.69) is 4.98 Å². The third-order valence-electron chi connectivity index (χ3n) is 2.54. The lowest BCUT2D eigenvalue weighted by molar-refractivity contribution is 0.0599. The van der Waals surface area contributed by atoms with Gasteiger partial charge in [-0.25, -0.2) is 0 Å². The van der Waals surface area contributed by atoms with Crippen molar-refractivity contribution in [1.29, 1.82) is 0 Å². The zero-order valence-corrected chi connectivity index (χ0v) is 8.93. The van der Waals surface area contributed by atoms with Crippen molar-refractivity contribution in [3.05, 3.63) is 30.1 Å². The number of hydrogen-bond acceptors (Lipinski definition) is 3. The van der Waals surface area contributed by atoms with E-state index >= 15 is 0 Å². The van der Waals surface area contributed by atoms with Gasteiger partial charge in [-0.05, 0) is 26.0 Å². The van der Waals surface area contributed by atoms with Crippen LogP contribution in [-0.2, 0) is 4.74 Å². The van der Waals surface area contributed by atoms with Gasteiger partial charge in [-0.15, -0.1) is 0 Å². The molecule has 2 rings (SSSR count). The molecule has 1 aliphatic heterocycles. The summed E-state index contributed by atoms with van der Waals surface area (Å²) in [5.74, 6) is -0.0712. The average Bonchev–Trinajstić information content (AvgIpc) is 2.58. The molecular formula is C11H14N2O2. The van der Waals surface area contributed by atoms with Gasteiger partial charge >= 0.3 is 0 Å². The Bertz CT molecular complexity index is 362. The summed E-state index contributed by atoms with van der Waals surface area (Å²) < 4.78 is 5.29. The number of carbonyl (C=O) groups is 1. The molecule has 0 aliphatic carbocycles. The van der Waals surface area contributed by atoms with E-state index in [0.717, 1.165) is 0 Å². The van der Waals surface area contributed by atoms with Crippen molar-refractivity contribution in [2.75, 3.05) is 13.3 Å². The summed E-state index contributed by atoms with van der Waals surface area (Å²) in [6, 6.07) is 5.32. The highest BCUT2D eigenvalue weighted by molar-refractivity contribution is 5.92. The van der Waals surface area contributed by atoms with Gasteiger partial charge in [0.25, 0.3) is 5.91 Å². The molecular weight excluding hydrogens is 192 g/mol. The number of nitrogens with zero attached hydrogens (tertiary/aromatic N) is 2. The van der Waals surface area contributed by atoms with Crippen molar-refractivity contribution in [2.45, 2.75) is 19.4 Å². The maximum Gasteiger partial charge on any atom is 0.274 e. The Labute approximate surface area is 88.9 Å². The highest BCUT2D eigenvalue weighted by atomic mass is 16.5. The topological polar surface area (TPSA) is 42.4 Å². The van der Waals surface area contributed by atoms with Gasteiger partial charge in [-0.1, -0.05) is 6.07 Å². The number of aromatic nitrogens is 1. The quantitative estimate of drug-likeness (QED) is 0.695. The minimum Gasteiger partial charge on any atom is -0.359 e. The van der Waals surface area contributed by atoms with Crippen molar-refractivity contribution >= 4 is 5.91 Å². The fraction of sp³-hybridized carbons (Fsp3) is 0.455. The average molecular weight is 206 g/mol. The van der Waals surface area contributed by atoms with Gasteiger partial charge in [-0.3, -0.25) is 9.78 Å². The minimum atomic E-state index is -0.241. The van der Waals surface area contributed by atoms with E-state index in [4.69, 9.17) is 4.74 Å². The minimum absolute atomic E-state index is 0.0712. The smallest absolute Gasteiger partial charge is 0.274 e. The molecule has 0 bridgehead atoms. The lowest BCUT2D eigenvalue weighted by Gasteiger charge is -2.28. The summed E-state index contributed by atoms with van der Waals surface area (Å²) >= 11 is 0. The molecule has 4 nitrogen and oxygen atoms in total. The Morgan fingerprint density at radius 2 is 2.33 bits per heavy atom. The van der Waals surface area contributed by atoms with Crippen LogP contribution in [0.15, 0.2) is 24.4 Å². The SMILES string of the molecule is CC1(C)COCN1C(=O)c1ccccn1. The number of pyridine rings is 1. The van der Waals surface area contributed by atoms with Gasteiger partial charge in [0.2, 0.25) is 0 Å². The summed E-state index contributed by atoms with van der Waals surface area (Å²) in [5.41, 5.74) is 0.227. The van der Waals surface area contributed by atoms with E-state index in [-0.39, 0.29) is 11.4 Å². The molecule has 80 valence electrons. The monoisotopic (exact) mass is 206 g/mol. The lowest BCUT2D eigenvalue weighted by atomic mass is 10.1. The first-order valence-corrected chi connectivity index (χ1v) is 4.92. The molecule has 15 heavy (non-hydrogen) atoms. The Morgan fingerprint density at radius 3 is 2.87 bits per heavy atom. The van der Waals surface area contributed by atoms with Crippen LogP contribution < -0.4 is 0 Å². The van der Waals surface area contributed by atoms with Crippen LogP contribution in [0.3, 0.4) is 0 Å². The predicted molar refractivity (Wildman–Crippen MR) is 55.3 cm³/mol. The van der Waals surface area contributed by atoms with Crippen LogP contribution in [0.5, 0.6) is 0 Å². The number of hydrogen-bond donors (Lipinski definition) is 0. The van der Waals surface area contributed by atoms with Crippen LogP contribution >= 0.6 is 0 Å². The molecule has 0 spiro atoms. The van der Waals surface area contributed by atoms with Gasteiger partial charge in [0.05, 0.1) is 12.1 Å². The van der Waals surface area contributed by atoms with Crippen molar-refractivity contribution < 1.29 is 9.53 Å². The summed E-state index contributed by atoms with van der Waals surface area (Å²) in [6.07, 6.45) is 1.62. The molecule has 0 unspecified atom stereocenters. The highest BCUT2D eigenvalue weighted by Gasteiger charge is 2.37. The van der Waals surface area contributed by atoms with Gasteiger partial charge in [-0.2, -0.15) is 0 Å².